The molecule has 106 valence electrons. The monoisotopic (exact) mass is 314 g/mol. The quantitative estimate of drug-likeness (QED) is 0.585. The summed E-state index contributed by atoms with van der Waals surface area (Å²) < 4.78 is 0. The summed E-state index contributed by atoms with van der Waals surface area (Å²) in [4.78, 5) is 12.5. The number of thiophene rings is 2. The first-order valence-corrected chi connectivity index (χ1v) is 8.69. The largest absolute Gasteiger partial charge is 0.261 e. The summed E-state index contributed by atoms with van der Waals surface area (Å²) in [5, 5.41) is 7.52. The number of aryl methyl sites for hydroxylation is 2. The molecule has 0 bridgehead atoms. The van der Waals surface area contributed by atoms with Crippen molar-refractivity contribution in [2.24, 2.45) is 5.10 Å². The van der Waals surface area contributed by atoms with E-state index in [9.17, 15) is 0 Å². The predicted molar refractivity (Wildman–Crippen MR) is 89.6 cm³/mol. The van der Waals surface area contributed by atoms with E-state index in [2.05, 4.69) is 20.5 Å². The Morgan fingerprint density at radius 1 is 1.24 bits per heavy atom. The minimum Gasteiger partial charge on any atom is -0.261 e. The summed E-state index contributed by atoms with van der Waals surface area (Å²) in [5.41, 5.74) is 4.52. The third-order valence-electron chi connectivity index (χ3n) is 3.66. The molecule has 3 aromatic rings. The Balaban J connectivity index is 1.69. The summed E-state index contributed by atoms with van der Waals surface area (Å²) in [6, 6.07) is 4.06. The van der Waals surface area contributed by atoms with E-state index in [1.807, 2.05) is 23.7 Å². The predicted octanol–water partition coefficient (Wildman–Crippen LogP) is 4.08. The molecule has 4 rings (SSSR count). The topological polar surface area (TPSA) is 50.2 Å². The number of rotatable bonds is 3. The zero-order chi connectivity index (χ0) is 14.1. The molecular weight excluding hydrogens is 300 g/mol. The van der Waals surface area contributed by atoms with Crippen molar-refractivity contribution in [1.82, 2.24) is 9.97 Å². The number of nitrogens with zero attached hydrogens (tertiary/aromatic N) is 3. The lowest BCUT2D eigenvalue weighted by molar-refractivity contribution is 0.700. The first kappa shape index (κ1) is 12.9. The van der Waals surface area contributed by atoms with E-state index in [4.69, 9.17) is 0 Å². The molecular formula is C15H14N4S2. The van der Waals surface area contributed by atoms with Gasteiger partial charge in [-0.15, -0.1) is 22.7 Å². The highest BCUT2D eigenvalue weighted by Gasteiger charge is 2.19. The van der Waals surface area contributed by atoms with Crippen molar-refractivity contribution in [3.63, 3.8) is 0 Å². The molecule has 3 aromatic heterocycles. The molecule has 0 aliphatic heterocycles. The maximum Gasteiger partial charge on any atom is 0.158 e. The van der Waals surface area contributed by atoms with Gasteiger partial charge in [0.2, 0.25) is 0 Å². The molecule has 0 fully saturated rings. The van der Waals surface area contributed by atoms with E-state index in [0.717, 1.165) is 21.9 Å². The Morgan fingerprint density at radius 2 is 2.19 bits per heavy atom. The van der Waals surface area contributed by atoms with Gasteiger partial charge in [0.25, 0.3) is 0 Å². The Hall–Kier alpha value is -1.79. The molecule has 0 radical (unpaired) electrons. The summed E-state index contributed by atoms with van der Waals surface area (Å²) in [5.74, 6) is 0.826. The lowest BCUT2D eigenvalue weighted by atomic mass is 9.97. The number of hydrogen-bond donors (Lipinski definition) is 1. The van der Waals surface area contributed by atoms with E-state index < -0.39 is 0 Å². The molecule has 0 saturated heterocycles. The Morgan fingerprint density at radius 3 is 3.10 bits per heavy atom. The Labute approximate surface area is 130 Å². The maximum atomic E-state index is 4.42. The van der Waals surface area contributed by atoms with Crippen LogP contribution in [0.1, 0.15) is 28.2 Å². The van der Waals surface area contributed by atoms with Crippen LogP contribution in [-0.2, 0) is 12.8 Å². The number of hydrogen-bond acceptors (Lipinski definition) is 6. The normalized spacial score (nSPS) is 14.7. The Kier molecular flexibility index (Phi) is 3.40. The number of anilines is 1. The number of nitrogens with one attached hydrogen (secondary N) is 1. The van der Waals surface area contributed by atoms with Crippen LogP contribution in [0, 0.1) is 0 Å². The van der Waals surface area contributed by atoms with Crippen LogP contribution in [-0.4, -0.2) is 16.2 Å². The van der Waals surface area contributed by atoms with Crippen molar-refractivity contribution < 1.29 is 0 Å². The second-order valence-electron chi connectivity index (χ2n) is 5.00. The van der Waals surface area contributed by atoms with Crippen molar-refractivity contribution in [2.75, 3.05) is 5.43 Å². The molecule has 1 N–H and O–H groups in total. The molecule has 4 nitrogen and oxygen atoms in total. The van der Waals surface area contributed by atoms with Crippen molar-refractivity contribution in [3.8, 4) is 0 Å². The number of fused-ring (bicyclic) bond motifs is 3. The standard InChI is InChI=1S/C15H14N4S2/c1-2-6-12-11(5-1)13-14(16-9-17-15(13)21-12)19-18-8-10-4-3-7-20-10/h3-4,7-9H,1-2,5-6H2,(H,16,17,19)/b18-8+. The van der Waals surface area contributed by atoms with E-state index >= 15 is 0 Å². The Bertz CT molecular complexity index is 789. The molecule has 0 aromatic carbocycles. The van der Waals surface area contributed by atoms with E-state index in [1.54, 1.807) is 29.0 Å². The van der Waals surface area contributed by atoms with Crippen LogP contribution in [0.4, 0.5) is 5.82 Å². The van der Waals surface area contributed by atoms with Gasteiger partial charge in [-0.25, -0.2) is 9.97 Å². The molecule has 1 aliphatic rings. The zero-order valence-corrected chi connectivity index (χ0v) is 13.0. The fourth-order valence-corrected chi connectivity index (χ4v) is 4.51. The fourth-order valence-electron chi connectivity index (χ4n) is 2.70. The molecule has 0 amide bonds. The minimum absolute atomic E-state index is 0.826. The van der Waals surface area contributed by atoms with Crippen LogP contribution in [0.25, 0.3) is 10.2 Å². The van der Waals surface area contributed by atoms with Crippen LogP contribution in [0.2, 0.25) is 0 Å². The van der Waals surface area contributed by atoms with E-state index in [1.165, 1.54) is 35.1 Å². The lowest BCUT2D eigenvalue weighted by Gasteiger charge is -2.11. The number of hydrazone groups is 1. The second kappa shape index (κ2) is 5.54. The molecule has 1 aliphatic carbocycles. The molecule has 0 unspecified atom stereocenters. The van der Waals surface area contributed by atoms with E-state index in [0.29, 0.717) is 0 Å². The van der Waals surface area contributed by atoms with Crippen molar-refractivity contribution in [1.29, 1.82) is 0 Å². The second-order valence-corrected chi connectivity index (χ2v) is 7.06. The molecule has 0 atom stereocenters. The molecule has 0 saturated carbocycles. The van der Waals surface area contributed by atoms with Gasteiger partial charge >= 0.3 is 0 Å². The van der Waals surface area contributed by atoms with Crippen LogP contribution in [0.5, 0.6) is 0 Å². The SMILES string of the molecule is C(=N\Nc1ncnc2sc3c(c12)CCCC3)/c1cccs1. The van der Waals surface area contributed by atoms with E-state index in [-0.39, 0.29) is 0 Å². The first-order chi connectivity index (χ1) is 10.4. The molecule has 3 heterocycles. The van der Waals surface area contributed by atoms with Gasteiger partial charge in [0, 0.05) is 9.75 Å². The lowest BCUT2D eigenvalue weighted by Crippen LogP contribution is -2.00. The van der Waals surface area contributed by atoms with Crippen LogP contribution >= 0.6 is 22.7 Å². The third kappa shape index (κ3) is 2.45. The van der Waals surface area contributed by atoms with Gasteiger partial charge in [0.05, 0.1) is 11.6 Å². The third-order valence-corrected chi connectivity index (χ3v) is 5.66. The van der Waals surface area contributed by atoms with Gasteiger partial charge < -0.3 is 0 Å². The van der Waals surface area contributed by atoms with Crippen LogP contribution < -0.4 is 5.43 Å². The summed E-state index contributed by atoms with van der Waals surface area (Å²) >= 11 is 3.47. The van der Waals surface area contributed by atoms with Crippen LogP contribution in [0.3, 0.4) is 0 Å². The number of aromatic nitrogens is 2. The fraction of sp³-hybridized carbons (Fsp3) is 0.267. The van der Waals surface area contributed by atoms with Crippen molar-refractivity contribution in [2.45, 2.75) is 25.7 Å². The first-order valence-electron chi connectivity index (χ1n) is 6.99. The van der Waals surface area contributed by atoms with Crippen LogP contribution in [0.15, 0.2) is 28.9 Å². The summed E-state index contributed by atoms with van der Waals surface area (Å²) in [6.07, 6.45) is 8.29. The zero-order valence-electron chi connectivity index (χ0n) is 11.4. The summed E-state index contributed by atoms with van der Waals surface area (Å²) in [7, 11) is 0. The average Bonchev–Trinajstić information content (AvgIpc) is 3.14. The molecule has 0 spiro atoms. The molecule has 6 heteroatoms. The maximum absolute atomic E-state index is 4.42. The molecule has 21 heavy (non-hydrogen) atoms. The van der Waals surface area contributed by atoms with Crippen molar-refractivity contribution in [3.05, 3.63) is 39.2 Å². The summed E-state index contributed by atoms with van der Waals surface area (Å²) in [6.45, 7) is 0. The van der Waals surface area contributed by atoms with Crippen molar-refractivity contribution >= 4 is 44.9 Å². The smallest absolute Gasteiger partial charge is 0.158 e. The van der Waals surface area contributed by atoms with Gasteiger partial charge in [0.15, 0.2) is 5.82 Å². The van der Waals surface area contributed by atoms with Gasteiger partial charge in [-0.3, -0.25) is 5.43 Å². The van der Waals surface area contributed by atoms with Gasteiger partial charge in [-0.05, 0) is 42.7 Å². The van der Waals surface area contributed by atoms with Gasteiger partial charge in [-0.1, -0.05) is 6.07 Å². The highest BCUT2D eigenvalue weighted by molar-refractivity contribution is 7.19. The highest BCUT2D eigenvalue weighted by Crippen LogP contribution is 2.38. The highest BCUT2D eigenvalue weighted by atomic mass is 32.1. The van der Waals surface area contributed by atoms with Gasteiger partial charge in [-0.2, -0.15) is 5.10 Å². The average molecular weight is 314 g/mol. The van der Waals surface area contributed by atoms with Gasteiger partial charge in [0.1, 0.15) is 11.2 Å². The minimum atomic E-state index is 0.826.